The molecule has 0 unspecified atom stereocenters. The molecule has 0 atom stereocenters. The molecule has 0 radical (unpaired) electrons. The third-order valence-electron chi connectivity index (χ3n) is 3.66. The van der Waals surface area contributed by atoms with Crippen molar-refractivity contribution in [2.24, 2.45) is 0 Å². The van der Waals surface area contributed by atoms with Crippen molar-refractivity contribution < 1.29 is 4.79 Å². The van der Waals surface area contributed by atoms with Crippen LogP contribution in [0.2, 0.25) is 0 Å². The Morgan fingerprint density at radius 3 is 2.91 bits per heavy atom. The number of halogens is 2. The zero-order valence-corrected chi connectivity index (χ0v) is 14.5. The van der Waals surface area contributed by atoms with Crippen LogP contribution in [-0.2, 0) is 0 Å². The number of nitrogens with zero attached hydrogens (tertiary/aromatic N) is 2. The predicted molar refractivity (Wildman–Crippen MR) is 92.7 cm³/mol. The summed E-state index contributed by atoms with van der Waals surface area (Å²) in [7, 11) is 0. The summed E-state index contributed by atoms with van der Waals surface area (Å²) in [5.41, 5.74) is 1.32. The lowest BCUT2D eigenvalue weighted by Gasteiger charge is -2.26. The number of aromatic nitrogens is 2. The third-order valence-corrected chi connectivity index (χ3v) is 4.16. The van der Waals surface area contributed by atoms with Gasteiger partial charge in [-0.15, -0.1) is 12.4 Å². The van der Waals surface area contributed by atoms with E-state index < -0.39 is 0 Å². The molecule has 2 aromatic rings. The van der Waals surface area contributed by atoms with Gasteiger partial charge in [0.05, 0.1) is 5.52 Å². The summed E-state index contributed by atoms with van der Waals surface area (Å²) in [6.07, 6.45) is 0. The molecule has 3 N–H and O–H groups in total. The number of H-pyrrole nitrogens is 1. The van der Waals surface area contributed by atoms with Gasteiger partial charge in [-0.3, -0.25) is 14.8 Å². The Labute approximate surface area is 143 Å². The number of aromatic amines is 1. The van der Waals surface area contributed by atoms with Gasteiger partial charge in [0, 0.05) is 49.1 Å². The van der Waals surface area contributed by atoms with Crippen molar-refractivity contribution in [1.82, 2.24) is 25.7 Å². The average Bonchev–Trinajstić information content (AvgIpc) is 2.91. The number of carbonyl (C=O) groups is 1. The number of nitrogens with one attached hydrogen (secondary N) is 3. The van der Waals surface area contributed by atoms with Crippen LogP contribution in [0, 0.1) is 0 Å². The molecule has 1 aliphatic rings. The van der Waals surface area contributed by atoms with Crippen molar-refractivity contribution >= 4 is 45.1 Å². The molecule has 1 saturated heterocycles. The van der Waals surface area contributed by atoms with Gasteiger partial charge in [-0.1, -0.05) is 15.9 Å². The van der Waals surface area contributed by atoms with Gasteiger partial charge in [0.25, 0.3) is 5.91 Å². The Bertz CT molecular complexity index is 641. The molecule has 2 heterocycles. The Morgan fingerprint density at radius 1 is 1.36 bits per heavy atom. The summed E-state index contributed by atoms with van der Waals surface area (Å²) in [6, 6.07) is 5.74. The largest absolute Gasteiger partial charge is 0.349 e. The van der Waals surface area contributed by atoms with Crippen LogP contribution in [0.15, 0.2) is 22.7 Å². The summed E-state index contributed by atoms with van der Waals surface area (Å²) in [5, 5.41) is 14.1. The lowest BCUT2D eigenvalue weighted by Crippen LogP contribution is -2.46. The maximum absolute atomic E-state index is 12.2. The van der Waals surface area contributed by atoms with Gasteiger partial charge < -0.3 is 10.6 Å². The summed E-state index contributed by atoms with van der Waals surface area (Å²) < 4.78 is 0.936. The van der Waals surface area contributed by atoms with E-state index >= 15 is 0 Å². The van der Waals surface area contributed by atoms with Crippen molar-refractivity contribution in [1.29, 1.82) is 0 Å². The van der Waals surface area contributed by atoms with E-state index in [0.29, 0.717) is 12.2 Å². The molecule has 0 saturated carbocycles. The first-order valence-electron chi connectivity index (χ1n) is 7.09. The van der Waals surface area contributed by atoms with Crippen LogP contribution in [0.1, 0.15) is 10.5 Å². The second-order valence-electron chi connectivity index (χ2n) is 5.11. The second-order valence-corrected chi connectivity index (χ2v) is 6.03. The number of piperazine rings is 1. The maximum atomic E-state index is 12.2. The topological polar surface area (TPSA) is 73.1 Å². The SMILES string of the molecule is Cl.O=C(NCCN1CCNCC1)c1n[nH]c2ccc(Br)cc12. The monoisotopic (exact) mass is 387 g/mol. The minimum atomic E-state index is -0.130. The van der Waals surface area contributed by atoms with Crippen molar-refractivity contribution in [3.63, 3.8) is 0 Å². The Balaban J connectivity index is 0.00000176. The molecule has 120 valence electrons. The highest BCUT2D eigenvalue weighted by molar-refractivity contribution is 9.10. The van der Waals surface area contributed by atoms with Crippen LogP contribution >= 0.6 is 28.3 Å². The highest BCUT2D eigenvalue weighted by atomic mass is 79.9. The molecule has 3 rings (SSSR count). The molecule has 0 aliphatic carbocycles. The van der Waals surface area contributed by atoms with E-state index in [-0.39, 0.29) is 18.3 Å². The molecular weight excluding hydrogens is 370 g/mol. The van der Waals surface area contributed by atoms with Crippen LogP contribution < -0.4 is 10.6 Å². The van der Waals surface area contributed by atoms with Crippen molar-refractivity contribution in [2.75, 3.05) is 39.3 Å². The molecule has 1 aromatic heterocycles. The number of hydrogen-bond acceptors (Lipinski definition) is 4. The van der Waals surface area contributed by atoms with Gasteiger partial charge in [-0.05, 0) is 18.2 Å². The Morgan fingerprint density at radius 2 is 2.14 bits per heavy atom. The maximum Gasteiger partial charge on any atom is 0.272 e. The van der Waals surface area contributed by atoms with Crippen molar-refractivity contribution in [3.8, 4) is 0 Å². The molecule has 0 spiro atoms. The van der Waals surface area contributed by atoms with Gasteiger partial charge in [-0.25, -0.2) is 0 Å². The highest BCUT2D eigenvalue weighted by Crippen LogP contribution is 2.20. The van der Waals surface area contributed by atoms with Gasteiger partial charge in [0.15, 0.2) is 5.69 Å². The molecule has 1 fully saturated rings. The zero-order valence-electron chi connectivity index (χ0n) is 12.1. The number of fused-ring (bicyclic) bond motifs is 1. The minimum absolute atomic E-state index is 0. The van der Waals surface area contributed by atoms with Crippen LogP contribution in [0.5, 0.6) is 0 Å². The van der Waals surface area contributed by atoms with E-state index in [9.17, 15) is 4.79 Å². The molecule has 1 aliphatic heterocycles. The fraction of sp³-hybridized carbons (Fsp3) is 0.429. The number of benzene rings is 1. The van der Waals surface area contributed by atoms with E-state index in [1.807, 2.05) is 18.2 Å². The van der Waals surface area contributed by atoms with E-state index in [1.54, 1.807) is 0 Å². The number of rotatable bonds is 4. The van der Waals surface area contributed by atoms with Crippen LogP contribution in [0.3, 0.4) is 0 Å². The molecule has 1 amide bonds. The number of hydrogen-bond donors (Lipinski definition) is 3. The summed E-state index contributed by atoms with van der Waals surface area (Å²) in [6.45, 7) is 5.63. The van der Waals surface area contributed by atoms with Gasteiger partial charge in [0.1, 0.15) is 0 Å². The first kappa shape index (κ1) is 17.2. The number of amides is 1. The third kappa shape index (κ3) is 3.98. The van der Waals surface area contributed by atoms with Crippen LogP contribution in [-0.4, -0.2) is 60.3 Å². The first-order chi connectivity index (χ1) is 10.2. The quantitative estimate of drug-likeness (QED) is 0.740. The Hall–Kier alpha value is -1.15. The van der Waals surface area contributed by atoms with E-state index in [0.717, 1.165) is 48.1 Å². The Kier molecular flexibility index (Phi) is 6.19. The number of carbonyl (C=O) groups excluding carboxylic acids is 1. The highest BCUT2D eigenvalue weighted by Gasteiger charge is 2.15. The smallest absolute Gasteiger partial charge is 0.272 e. The van der Waals surface area contributed by atoms with E-state index in [1.165, 1.54) is 0 Å². The average molecular weight is 389 g/mol. The molecule has 1 aromatic carbocycles. The van der Waals surface area contributed by atoms with Crippen molar-refractivity contribution in [3.05, 3.63) is 28.4 Å². The van der Waals surface area contributed by atoms with E-state index in [4.69, 9.17) is 0 Å². The van der Waals surface area contributed by atoms with Crippen molar-refractivity contribution in [2.45, 2.75) is 0 Å². The lowest BCUT2D eigenvalue weighted by molar-refractivity contribution is 0.0944. The van der Waals surface area contributed by atoms with Gasteiger partial charge in [-0.2, -0.15) is 5.10 Å². The molecular formula is C14H19BrClN5O. The molecule has 6 nitrogen and oxygen atoms in total. The zero-order chi connectivity index (χ0) is 14.7. The summed E-state index contributed by atoms with van der Waals surface area (Å²) in [4.78, 5) is 14.6. The fourth-order valence-corrected chi connectivity index (χ4v) is 2.87. The standard InChI is InChI=1S/C14H18BrN5O.ClH/c15-10-1-2-12-11(9-10)13(19-18-12)14(21)17-5-8-20-6-3-16-4-7-20;/h1-2,9,16H,3-8H2,(H,17,21)(H,18,19);1H. The van der Waals surface area contributed by atoms with Crippen LogP contribution in [0.4, 0.5) is 0 Å². The predicted octanol–water partition coefficient (Wildman–Crippen LogP) is 1.38. The summed E-state index contributed by atoms with van der Waals surface area (Å²) >= 11 is 3.42. The molecule has 22 heavy (non-hydrogen) atoms. The van der Waals surface area contributed by atoms with E-state index in [2.05, 4.69) is 41.7 Å². The molecule has 8 heteroatoms. The first-order valence-corrected chi connectivity index (χ1v) is 7.88. The van der Waals surface area contributed by atoms with Gasteiger partial charge in [0.2, 0.25) is 0 Å². The lowest BCUT2D eigenvalue weighted by atomic mass is 10.2. The minimum Gasteiger partial charge on any atom is -0.349 e. The second kappa shape index (κ2) is 7.92. The molecule has 0 bridgehead atoms. The fourth-order valence-electron chi connectivity index (χ4n) is 2.51. The van der Waals surface area contributed by atoms with Gasteiger partial charge >= 0.3 is 0 Å². The normalized spacial score (nSPS) is 15.5. The van der Waals surface area contributed by atoms with Crippen LogP contribution in [0.25, 0.3) is 10.9 Å². The summed E-state index contributed by atoms with van der Waals surface area (Å²) in [5.74, 6) is -0.130.